The second-order valence-electron chi connectivity index (χ2n) is 7.38. The van der Waals surface area contributed by atoms with Gasteiger partial charge in [-0.15, -0.1) is 0 Å². The normalized spacial score (nSPS) is 12.5. The zero-order chi connectivity index (χ0) is 22.7. The monoisotopic (exact) mass is 427 g/mol. The number of carbonyl (C=O) groups excluding carboxylic acids is 4. The van der Waals surface area contributed by atoms with Gasteiger partial charge in [0, 0.05) is 23.4 Å². The first-order chi connectivity index (χ1) is 15.5. The van der Waals surface area contributed by atoms with Gasteiger partial charge < -0.3 is 10.6 Å². The minimum Gasteiger partial charge on any atom is -0.326 e. The number of anilines is 2. The lowest BCUT2D eigenvalue weighted by atomic mass is 10.1. The first kappa shape index (κ1) is 21.0. The van der Waals surface area contributed by atoms with E-state index >= 15 is 0 Å². The summed E-state index contributed by atoms with van der Waals surface area (Å²) in [5.41, 5.74) is 2.96. The van der Waals surface area contributed by atoms with E-state index in [0.717, 1.165) is 0 Å². The number of rotatable bonds is 6. The highest BCUT2D eigenvalue weighted by Gasteiger charge is 2.34. The van der Waals surface area contributed by atoms with Crippen LogP contribution in [0.5, 0.6) is 0 Å². The van der Waals surface area contributed by atoms with Gasteiger partial charge in [-0.1, -0.05) is 37.3 Å². The summed E-state index contributed by atoms with van der Waals surface area (Å²) in [6.45, 7) is 1.84. The molecule has 1 aliphatic heterocycles. The Morgan fingerprint density at radius 2 is 1.41 bits per heavy atom. The molecule has 2 N–H and O–H groups in total. The first-order valence-electron chi connectivity index (χ1n) is 10.2. The largest absolute Gasteiger partial charge is 0.326 e. The summed E-state index contributed by atoms with van der Waals surface area (Å²) in [6, 6.07) is 20.4. The Balaban J connectivity index is 1.47. The van der Waals surface area contributed by atoms with Crippen LogP contribution >= 0.6 is 0 Å². The fourth-order valence-corrected chi connectivity index (χ4v) is 3.50. The molecule has 0 spiro atoms. The van der Waals surface area contributed by atoms with Gasteiger partial charge in [-0.25, -0.2) is 0 Å². The average Bonchev–Trinajstić information content (AvgIpc) is 3.04. The van der Waals surface area contributed by atoms with Crippen LogP contribution < -0.4 is 10.6 Å². The number of hydrogen-bond acceptors (Lipinski definition) is 4. The molecule has 4 amide bonds. The van der Waals surface area contributed by atoms with E-state index in [0.29, 0.717) is 40.0 Å². The highest BCUT2D eigenvalue weighted by atomic mass is 16.2. The summed E-state index contributed by atoms with van der Waals surface area (Å²) < 4.78 is 0. The van der Waals surface area contributed by atoms with Crippen molar-refractivity contribution < 1.29 is 19.2 Å². The fraction of sp³-hybridized carbons (Fsp3) is 0.120. The molecule has 0 atom stereocenters. The van der Waals surface area contributed by atoms with Gasteiger partial charge in [0.2, 0.25) is 5.91 Å². The van der Waals surface area contributed by atoms with Gasteiger partial charge >= 0.3 is 0 Å². The standard InChI is InChI=1S/C25H21N3O4/c1-2-22(29)26-18-9-6-10-19(14-18)27-23(30)17-8-5-7-16(13-17)15-28-24(31)20-11-3-4-12-21(20)25(28)32/h3-14H,2,15H2,1H3,(H,26,29)(H,27,30). The molecule has 0 bridgehead atoms. The predicted molar refractivity (Wildman–Crippen MR) is 120 cm³/mol. The fourth-order valence-electron chi connectivity index (χ4n) is 3.50. The molecule has 0 unspecified atom stereocenters. The molecular formula is C25H21N3O4. The van der Waals surface area contributed by atoms with Gasteiger partial charge in [-0.2, -0.15) is 0 Å². The maximum atomic E-state index is 12.8. The number of benzene rings is 3. The van der Waals surface area contributed by atoms with Crippen molar-refractivity contribution in [2.45, 2.75) is 19.9 Å². The van der Waals surface area contributed by atoms with E-state index in [-0.39, 0.29) is 30.2 Å². The number of fused-ring (bicyclic) bond motifs is 1. The van der Waals surface area contributed by atoms with E-state index in [2.05, 4.69) is 10.6 Å². The molecule has 32 heavy (non-hydrogen) atoms. The third-order valence-electron chi connectivity index (χ3n) is 5.13. The number of carbonyl (C=O) groups is 4. The summed E-state index contributed by atoms with van der Waals surface area (Å²) in [7, 11) is 0. The van der Waals surface area contributed by atoms with E-state index in [1.54, 1.807) is 79.7 Å². The van der Waals surface area contributed by atoms with Crippen LogP contribution in [0.15, 0.2) is 72.8 Å². The highest BCUT2D eigenvalue weighted by Crippen LogP contribution is 2.24. The second-order valence-corrected chi connectivity index (χ2v) is 7.38. The SMILES string of the molecule is CCC(=O)Nc1cccc(NC(=O)c2cccc(CN3C(=O)c4ccccc4C3=O)c2)c1. The topological polar surface area (TPSA) is 95.6 Å². The quantitative estimate of drug-likeness (QED) is 0.580. The predicted octanol–water partition coefficient (Wildman–Crippen LogP) is 4.08. The summed E-state index contributed by atoms with van der Waals surface area (Å²) >= 11 is 0. The van der Waals surface area contributed by atoms with Gasteiger partial charge in [0.15, 0.2) is 0 Å². The summed E-state index contributed by atoms with van der Waals surface area (Å²) in [5, 5.41) is 5.56. The Kier molecular flexibility index (Phi) is 5.81. The lowest BCUT2D eigenvalue weighted by Gasteiger charge is -2.14. The van der Waals surface area contributed by atoms with Crippen LogP contribution in [0.4, 0.5) is 11.4 Å². The van der Waals surface area contributed by atoms with Crippen molar-refractivity contribution >= 4 is 35.0 Å². The third kappa shape index (κ3) is 4.27. The molecule has 4 rings (SSSR count). The third-order valence-corrected chi connectivity index (χ3v) is 5.13. The van der Waals surface area contributed by atoms with Crippen LogP contribution in [0.3, 0.4) is 0 Å². The van der Waals surface area contributed by atoms with Crippen LogP contribution in [0.2, 0.25) is 0 Å². The average molecular weight is 427 g/mol. The Morgan fingerprint density at radius 1 is 0.781 bits per heavy atom. The minimum atomic E-state index is -0.341. The van der Waals surface area contributed by atoms with Crippen LogP contribution in [0.1, 0.15) is 50.0 Å². The van der Waals surface area contributed by atoms with Crippen molar-refractivity contribution in [2.75, 3.05) is 10.6 Å². The van der Waals surface area contributed by atoms with Crippen LogP contribution in [-0.2, 0) is 11.3 Å². The zero-order valence-corrected chi connectivity index (χ0v) is 17.4. The molecule has 1 aliphatic rings. The Hall–Kier alpha value is -4.26. The van der Waals surface area contributed by atoms with Crippen molar-refractivity contribution in [3.8, 4) is 0 Å². The van der Waals surface area contributed by atoms with Crippen molar-refractivity contribution in [3.63, 3.8) is 0 Å². The number of hydrogen-bond donors (Lipinski definition) is 2. The van der Waals surface area contributed by atoms with Crippen molar-refractivity contribution in [2.24, 2.45) is 0 Å². The highest BCUT2D eigenvalue weighted by molar-refractivity contribution is 6.21. The Bertz CT molecular complexity index is 1200. The molecule has 0 radical (unpaired) electrons. The maximum absolute atomic E-state index is 12.8. The van der Waals surface area contributed by atoms with Crippen LogP contribution in [-0.4, -0.2) is 28.5 Å². The van der Waals surface area contributed by atoms with Gasteiger partial charge in [0.25, 0.3) is 17.7 Å². The molecule has 0 fully saturated rings. The molecule has 0 aliphatic carbocycles. The lowest BCUT2D eigenvalue weighted by molar-refractivity contribution is -0.115. The van der Waals surface area contributed by atoms with Crippen LogP contribution in [0, 0.1) is 0 Å². The summed E-state index contributed by atoms with van der Waals surface area (Å²) in [5.74, 6) is -1.14. The van der Waals surface area contributed by atoms with E-state index in [9.17, 15) is 19.2 Å². The number of nitrogens with zero attached hydrogens (tertiary/aromatic N) is 1. The molecule has 0 aromatic heterocycles. The van der Waals surface area contributed by atoms with Gasteiger partial charge in [0.05, 0.1) is 17.7 Å². The molecule has 3 aromatic rings. The number of amides is 4. The molecule has 1 heterocycles. The second kappa shape index (κ2) is 8.85. The van der Waals surface area contributed by atoms with Crippen LogP contribution in [0.25, 0.3) is 0 Å². The van der Waals surface area contributed by atoms with Crippen molar-refractivity contribution in [1.82, 2.24) is 4.90 Å². The minimum absolute atomic E-state index is 0.0754. The number of imide groups is 1. The molecule has 7 heteroatoms. The van der Waals surface area contributed by atoms with Gasteiger partial charge in [-0.3, -0.25) is 24.1 Å². The molecule has 0 saturated carbocycles. The van der Waals surface area contributed by atoms with Crippen molar-refractivity contribution in [1.29, 1.82) is 0 Å². The van der Waals surface area contributed by atoms with E-state index in [4.69, 9.17) is 0 Å². The molecule has 3 aromatic carbocycles. The Morgan fingerprint density at radius 3 is 2.06 bits per heavy atom. The molecule has 0 saturated heterocycles. The van der Waals surface area contributed by atoms with Gasteiger partial charge in [-0.05, 0) is 48.0 Å². The summed E-state index contributed by atoms with van der Waals surface area (Å²) in [4.78, 5) is 50.7. The molecule has 7 nitrogen and oxygen atoms in total. The van der Waals surface area contributed by atoms with Crippen molar-refractivity contribution in [3.05, 3.63) is 95.1 Å². The maximum Gasteiger partial charge on any atom is 0.261 e. The smallest absolute Gasteiger partial charge is 0.261 e. The Labute approximate surface area is 185 Å². The van der Waals surface area contributed by atoms with Gasteiger partial charge in [0.1, 0.15) is 0 Å². The molecule has 160 valence electrons. The van der Waals surface area contributed by atoms with E-state index in [1.165, 1.54) is 4.90 Å². The number of nitrogens with one attached hydrogen (secondary N) is 2. The van der Waals surface area contributed by atoms with E-state index in [1.807, 2.05) is 0 Å². The van der Waals surface area contributed by atoms with E-state index < -0.39 is 0 Å². The molecular weight excluding hydrogens is 406 g/mol. The lowest BCUT2D eigenvalue weighted by Crippen LogP contribution is -2.29. The first-order valence-corrected chi connectivity index (χ1v) is 10.2. The zero-order valence-electron chi connectivity index (χ0n) is 17.4. The summed E-state index contributed by atoms with van der Waals surface area (Å²) in [6.07, 6.45) is 0.358.